The molecule has 4 aromatic carbocycles. The third-order valence-electron chi connectivity index (χ3n) is 8.73. The molecule has 0 aliphatic carbocycles. The molecule has 1 atom stereocenters. The van der Waals surface area contributed by atoms with Crippen LogP contribution in [0, 0.1) is 11.7 Å². The van der Waals surface area contributed by atoms with Gasteiger partial charge >= 0.3 is 12.1 Å². The molecule has 1 amide bonds. The number of amides is 1. The Hall–Kier alpha value is -5.33. The highest BCUT2D eigenvalue weighted by Gasteiger charge is 2.38. The lowest BCUT2D eigenvalue weighted by Crippen LogP contribution is -2.42. The number of sulfonamides is 1. The number of carbonyl (C=O) groups is 3. The first-order valence-electron chi connectivity index (χ1n) is 17.8. The third-order valence-corrected chi connectivity index (χ3v) is 10.1. The molecule has 1 heterocycles. The minimum Gasteiger partial charge on any atom is -0.457 e. The lowest BCUT2D eigenvalue weighted by molar-refractivity contribution is -0.141. The van der Waals surface area contributed by atoms with Gasteiger partial charge in [0.05, 0.1) is 16.5 Å². The summed E-state index contributed by atoms with van der Waals surface area (Å²) in [4.78, 5) is 39.4. The van der Waals surface area contributed by atoms with Crippen LogP contribution in [0.25, 0.3) is 11.1 Å². The number of nitrogens with one attached hydrogen (secondary N) is 2. The van der Waals surface area contributed by atoms with Gasteiger partial charge in [0.25, 0.3) is 10.0 Å². The zero-order chi connectivity index (χ0) is 39.2. The highest BCUT2D eigenvalue weighted by atomic mass is 32.2. The van der Waals surface area contributed by atoms with E-state index in [4.69, 9.17) is 9.47 Å². The Kier molecular flexibility index (Phi) is 12.4. The largest absolute Gasteiger partial charge is 0.457 e. The maximum Gasteiger partial charge on any atom is 0.421 e. The number of rotatable bonds is 13. The van der Waals surface area contributed by atoms with Crippen molar-refractivity contribution in [3.63, 3.8) is 0 Å². The molecule has 1 unspecified atom stereocenters. The van der Waals surface area contributed by atoms with Gasteiger partial charge in [0.15, 0.2) is 5.78 Å². The van der Waals surface area contributed by atoms with Gasteiger partial charge in [0.2, 0.25) is 0 Å². The Labute approximate surface area is 316 Å². The molecule has 0 saturated carbocycles. The van der Waals surface area contributed by atoms with E-state index in [2.05, 4.69) is 5.43 Å². The first kappa shape index (κ1) is 39.9. The number of hydrogen-bond acceptors (Lipinski definition) is 9. The first-order valence-corrected chi connectivity index (χ1v) is 19.3. The standard InChI is InChI=1S/C42H46FN3O7S/c1-7-23-46-35(25-28-21-22-32(34(43)24-28)33-19-13-14-20-36(33)54(50,51)45-41(49)53-42(4,5)6)37(38(44-46)27(2)3)40(48)52-26-30-17-11-12-18-31(30)39(47)29-15-9-8-10-16-29/h8-22,24,27,35,44H,7,23,25-26H2,1-6H3,(H,45,49). The van der Waals surface area contributed by atoms with E-state index in [-0.39, 0.29) is 40.8 Å². The SMILES string of the molecule is CCCN1NC(C(C)C)=C(C(=O)OCc2ccccc2C(=O)c2ccccc2)C1Cc1ccc(-c2ccccc2S(=O)(=O)NC(=O)OC(C)(C)C)c(F)c1. The van der Waals surface area contributed by atoms with Gasteiger partial charge in [-0.1, -0.05) is 106 Å². The van der Waals surface area contributed by atoms with Gasteiger partial charge in [0.1, 0.15) is 18.0 Å². The van der Waals surface area contributed by atoms with Crippen LogP contribution in [-0.4, -0.2) is 49.5 Å². The van der Waals surface area contributed by atoms with Crippen molar-refractivity contribution in [1.29, 1.82) is 0 Å². The fourth-order valence-electron chi connectivity index (χ4n) is 6.33. The maximum atomic E-state index is 16.0. The molecule has 54 heavy (non-hydrogen) atoms. The fraction of sp³-hybridized carbons (Fsp3) is 0.310. The molecule has 284 valence electrons. The summed E-state index contributed by atoms with van der Waals surface area (Å²) in [6, 6.07) is 25.7. The molecule has 4 aromatic rings. The van der Waals surface area contributed by atoms with E-state index in [0.717, 1.165) is 6.42 Å². The highest BCUT2D eigenvalue weighted by Crippen LogP contribution is 2.33. The second kappa shape index (κ2) is 16.8. The summed E-state index contributed by atoms with van der Waals surface area (Å²) in [7, 11) is -4.43. The van der Waals surface area contributed by atoms with Crippen LogP contribution in [0.5, 0.6) is 0 Å². The monoisotopic (exact) mass is 755 g/mol. The van der Waals surface area contributed by atoms with E-state index in [1.807, 2.05) is 36.6 Å². The number of benzene rings is 4. The maximum absolute atomic E-state index is 16.0. The second-order valence-electron chi connectivity index (χ2n) is 14.4. The molecule has 1 aliphatic rings. The van der Waals surface area contributed by atoms with Gasteiger partial charge in [-0.3, -0.25) is 4.79 Å². The number of hydrazine groups is 1. The predicted molar refractivity (Wildman–Crippen MR) is 204 cm³/mol. The van der Waals surface area contributed by atoms with Crippen LogP contribution >= 0.6 is 0 Å². The summed E-state index contributed by atoms with van der Waals surface area (Å²) in [6.07, 6.45) is -0.154. The third kappa shape index (κ3) is 9.42. The van der Waals surface area contributed by atoms with Crippen molar-refractivity contribution in [1.82, 2.24) is 15.2 Å². The number of ketones is 1. The number of allylic oxidation sites excluding steroid dienone is 1. The van der Waals surface area contributed by atoms with Crippen molar-refractivity contribution in [2.24, 2.45) is 5.92 Å². The Bertz CT molecular complexity index is 2160. The smallest absolute Gasteiger partial charge is 0.421 e. The predicted octanol–water partition coefficient (Wildman–Crippen LogP) is 7.73. The first-order chi connectivity index (χ1) is 25.6. The number of nitrogens with zero attached hydrogens (tertiary/aromatic N) is 1. The van der Waals surface area contributed by atoms with Gasteiger partial charge in [0, 0.05) is 40.1 Å². The molecule has 12 heteroatoms. The zero-order valence-corrected chi connectivity index (χ0v) is 32.1. The Morgan fingerprint density at radius 1 is 0.907 bits per heavy atom. The van der Waals surface area contributed by atoms with Crippen molar-refractivity contribution in [2.75, 3.05) is 6.54 Å². The summed E-state index contributed by atoms with van der Waals surface area (Å²) in [5, 5.41) is 1.95. The van der Waals surface area contributed by atoms with Crippen LogP contribution < -0.4 is 10.1 Å². The van der Waals surface area contributed by atoms with Crippen molar-refractivity contribution in [3.8, 4) is 11.1 Å². The summed E-state index contributed by atoms with van der Waals surface area (Å²) in [5.74, 6) is -1.48. The average molecular weight is 756 g/mol. The summed E-state index contributed by atoms with van der Waals surface area (Å²) >= 11 is 0. The van der Waals surface area contributed by atoms with Crippen LogP contribution in [0.15, 0.2) is 113 Å². The Balaban J connectivity index is 1.41. The van der Waals surface area contributed by atoms with E-state index in [9.17, 15) is 22.8 Å². The molecule has 5 rings (SSSR count). The molecular weight excluding hydrogens is 710 g/mol. The minimum absolute atomic E-state index is 0.0145. The Morgan fingerprint density at radius 3 is 2.24 bits per heavy atom. The molecule has 0 fully saturated rings. The highest BCUT2D eigenvalue weighted by molar-refractivity contribution is 7.90. The lowest BCUT2D eigenvalue weighted by Gasteiger charge is -2.26. The van der Waals surface area contributed by atoms with E-state index in [0.29, 0.717) is 40.1 Å². The normalized spacial score (nSPS) is 14.9. The van der Waals surface area contributed by atoms with Crippen molar-refractivity contribution >= 4 is 27.9 Å². The van der Waals surface area contributed by atoms with Gasteiger partial charge in [-0.2, -0.15) is 0 Å². The zero-order valence-electron chi connectivity index (χ0n) is 31.3. The van der Waals surface area contributed by atoms with Crippen molar-refractivity contribution in [2.45, 2.75) is 77.5 Å². The molecule has 2 N–H and O–H groups in total. The summed E-state index contributed by atoms with van der Waals surface area (Å²) < 4.78 is 55.5. The van der Waals surface area contributed by atoms with Crippen LogP contribution in [0.4, 0.5) is 9.18 Å². The molecule has 1 aliphatic heterocycles. The van der Waals surface area contributed by atoms with Gasteiger partial charge < -0.3 is 14.9 Å². The van der Waals surface area contributed by atoms with Crippen molar-refractivity contribution < 1.29 is 36.7 Å². The number of carbonyl (C=O) groups excluding carboxylic acids is 3. The quantitative estimate of drug-likeness (QED) is 0.104. The fourth-order valence-corrected chi connectivity index (χ4v) is 7.42. The topological polar surface area (TPSA) is 131 Å². The Morgan fingerprint density at radius 2 is 1.57 bits per heavy atom. The average Bonchev–Trinajstić information content (AvgIpc) is 3.48. The molecule has 0 radical (unpaired) electrons. The number of hydrogen-bond donors (Lipinski definition) is 2. The van der Waals surface area contributed by atoms with Crippen LogP contribution in [0.3, 0.4) is 0 Å². The van der Waals surface area contributed by atoms with E-state index in [1.54, 1.807) is 81.4 Å². The molecule has 0 aromatic heterocycles. The second-order valence-corrected chi connectivity index (χ2v) is 16.0. The molecule has 0 bridgehead atoms. The molecular formula is C42H46FN3O7S. The van der Waals surface area contributed by atoms with Crippen LogP contribution in [0.2, 0.25) is 0 Å². The minimum atomic E-state index is -4.43. The van der Waals surface area contributed by atoms with Gasteiger partial charge in [-0.05, 0) is 57.2 Å². The van der Waals surface area contributed by atoms with Crippen LogP contribution in [0.1, 0.15) is 75.0 Å². The van der Waals surface area contributed by atoms with Crippen LogP contribution in [-0.2, 0) is 37.3 Å². The van der Waals surface area contributed by atoms with E-state index < -0.39 is 39.5 Å². The number of esters is 1. The van der Waals surface area contributed by atoms with E-state index >= 15 is 4.39 Å². The van der Waals surface area contributed by atoms with Crippen molar-refractivity contribution in [3.05, 3.63) is 136 Å². The van der Waals surface area contributed by atoms with Gasteiger partial charge in [-0.25, -0.2) is 32.1 Å². The van der Waals surface area contributed by atoms with E-state index in [1.165, 1.54) is 30.3 Å². The summed E-state index contributed by atoms with van der Waals surface area (Å²) in [5.41, 5.74) is 5.75. The molecule has 0 saturated heterocycles. The molecule has 10 nitrogen and oxygen atoms in total. The summed E-state index contributed by atoms with van der Waals surface area (Å²) in [6.45, 7) is 11.2. The molecule has 0 spiro atoms. The number of halogens is 1. The van der Waals surface area contributed by atoms with Gasteiger partial charge in [-0.15, -0.1) is 0 Å². The lowest BCUT2D eigenvalue weighted by atomic mass is 9.93. The number of ether oxygens (including phenoxy) is 2.